The number of hydrogen-bond acceptors (Lipinski definition) is 5. The molecule has 0 aliphatic carbocycles. The first-order chi connectivity index (χ1) is 12.5. The van der Waals surface area contributed by atoms with Gasteiger partial charge in [0.2, 0.25) is 5.75 Å². The number of benzene rings is 1. The second-order valence-corrected chi connectivity index (χ2v) is 5.91. The number of rotatable bonds is 10. The predicted octanol–water partition coefficient (Wildman–Crippen LogP) is 2.73. The molecule has 8 heteroatoms. The smallest absolute Gasteiger partial charge is 0.203 e. The second-order valence-electron chi connectivity index (χ2n) is 5.91. The average molecular weight is 494 g/mol. The highest BCUT2D eigenvalue weighted by Crippen LogP contribution is 2.38. The summed E-state index contributed by atoms with van der Waals surface area (Å²) in [7, 11) is 6.60. The van der Waals surface area contributed by atoms with E-state index in [1.807, 2.05) is 12.1 Å². The third-order valence-corrected chi connectivity index (χ3v) is 4.41. The van der Waals surface area contributed by atoms with Gasteiger partial charge in [-0.3, -0.25) is 9.89 Å². The summed E-state index contributed by atoms with van der Waals surface area (Å²) in [6.45, 7) is 10.1. The first-order valence-corrected chi connectivity index (χ1v) is 9.01. The fourth-order valence-corrected chi connectivity index (χ4v) is 2.86. The monoisotopic (exact) mass is 494 g/mol. The lowest BCUT2D eigenvalue weighted by molar-refractivity contribution is 0.231. The van der Waals surface area contributed by atoms with Crippen molar-refractivity contribution in [3.63, 3.8) is 0 Å². The van der Waals surface area contributed by atoms with Crippen LogP contribution in [0.5, 0.6) is 17.2 Å². The first-order valence-electron chi connectivity index (χ1n) is 9.01. The average Bonchev–Trinajstić information content (AvgIpc) is 2.67. The first kappa shape index (κ1) is 25.6. The van der Waals surface area contributed by atoms with E-state index in [-0.39, 0.29) is 24.0 Å². The van der Waals surface area contributed by atoms with Crippen LogP contribution in [0, 0.1) is 0 Å². The Morgan fingerprint density at radius 2 is 1.59 bits per heavy atom. The molecule has 0 aliphatic rings. The van der Waals surface area contributed by atoms with Gasteiger partial charge < -0.3 is 24.8 Å². The van der Waals surface area contributed by atoms with Crippen molar-refractivity contribution in [1.29, 1.82) is 0 Å². The number of halogens is 1. The van der Waals surface area contributed by atoms with Crippen LogP contribution < -0.4 is 24.8 Å². The lowest BCUT2D eigenvalue weighted by Crippen LogP contribution is -2.45. The van der Waals surface area contributed by atoms with E-state index in [2.05, 4.69) is 41.3 Å². The molecule has 1 rings (SSSR count). The van der Waals surface area contributed by atoms with Crippen molar-refractivity contribution >= 4 is 29.9 Å². The molecule has 2 N–H and O–H groups in total. The lowest BCUT2D eigenvalue weighted by Gasteiger charge is -2.27. The summed E-state index contributed by atoms with van der Waals surface area (Å²) in [6, 6.07) is 4.30. The number of ether oxygens (including phenoxy) is 3. The van der Waals surface area contributed by atoms with Crippen molar-refractivity contribution in [3.8, 4) is 17.2 Å². The van der Waals surface area contributed by atoms with Gasteiger partial charge in [-0.05, 0) is 37.7 Å². The number of hydrogen-bond donors (Lipinski definition) is 2. The predicted molar refractivity (Wildman–Crippen MR) is 122 cm³/mol. The Bertz CT molecular complexity index is 555. The zero-order chi connectivity index (χ0) is 19.5. The molecule has 0 saturated carbocycles. The van der Waals surface area contributed by atoms with Gasteiger partial charge in [0.05, 0.1) is 21.3 Å². The van der Waals surface area contributed by atoms with E-state index >= 15 is 0 Å². The molecule has 0 radical (unpaired) electrons. The minimum atomic E-state index is 0. The van der Waals surface area contributed by atoms with Crippen LogP contribution in [-0.2, 0) is 6.54 Å². The zero-order valence-electron chi connectivity index (χ0n) is 17.6. The minimum Gasteiger partial charge on any atom is -0.493 e. The van der Waals surface area contributed by atoms with Gasteiger partial charge in [-0.25, -0.2) is 0 Å². The fraction of sp³-hybridized carbons (Fsp3) is 0.632. The zero-order valence-corrected chi connectivity index (χ0v) is 19.9. The van der Waals surface area contributed by atoms with E-state index in [0.29, 0.717) is 29.8 Å². The van der Waals surface area contributed by atoms with Gasteiger partial charge in [-0.15, -0.1) is 24.0 Å². The SMILES string of the molecule is CCN(CC)C(C)CNC(=NC)NCc1cc(OC)c(OC)c(OC)c1.I. The summed E-state index contributed by atoms with van der Waals surface area (Å²) in [5.74, 6) is 2.63. The standard InChI is InChI=1S/C19H34N4O3.HI/c1-8-23(9-2)14(3)12-21-19(20-4)22-13-15-10-16(24-5)18(26-7)17(11-15)25-6;/h10-11,14H,8-9,12-13H2,1-7H3,(H2,20,21,22);1H. The third kappa shape index (κ3) is 7.61. The van der Waals surface area contributed by atoms with Crippen LogP contribution in [0.25, 0.3) is 0 Å². The summed E-state index contributed by atoms with van der Waals surface area (Å²) >= 11 is 0. The molecule has 1 aromatic carbocycles. The normalized spacial score (nSPS) is 12.2. The van der Waals surface area contributed by atoms with Crippen LogP contribution in [0.1, 0.15) is 26.3 Å². The molecule has 0 aliphatic heterocycles. The third-order valence-electron chi connectivity index (χ3n) is 4.41. The number of methoxy groups -OCH3 is 3. The Balaban J connectivity index is 0.00000676. The van der Waals surface area contributed by atoms with Crippen LogP contribution in [0.3, 0.4) is 0 Å². The van der Waals surface area contributed by atoms with Gasteiger partial charge in [0.25, 0.3) is 0 Å². The van der Waals surface area contributed by atoms with Gasteiger partial charge >= 0.3 is 0 Å². The number of nitrogens with one attached hydrogen (secondary N) is 2. The van der Waals surface area contributed by atoms with Gasteiger partial charge in [0.15, 0.2) is 17.5 Å². The Kier molecular flexibility index (Phi) is 13.0. The topological polar surface area (TPSA) is 67.4 Å². The van der Waals surface area contributed by atoms with E-state index in [1.54, 1.807) is 28.4 Å². The molecule has 0 aromatic heterocycles. The van der Waals surface area contributed by atoms with Crippen molar-refractivity contribution in [1.82, 2.24) is 15.5 Å². The molecule has 0 amide bonds. The molecule has 0 spiro atoms. The molecular formula is C19H35IN4O3. The Hall–Kier alpha value is -1.42. The maximum Gasteiger partial charge on any atom is 0.203 e. The molecular weight excluding hydrogens is 459 g/mol. The number of guanidine groups is 1. The summed E-state index contributed by atoms with van der Waals surface area (Å²) in [5.41, 5.74) is 1.01. The molecule has 1 atom stereocenters. The van der Waals surface area contributed by atoms with E-state index in [1.165, 1.54) is 0 Å². The highest BCUT2D eigenvalue weighted by Gasteiger charge is 2.14. The maximum atomic E-state index is 5.40. The Morgan fingerprint density at radius 3 is 2.00 bits per heavy atom. The molecule has 156 valence electrons. The Morgan fingerprint density at radius 1 is 1.04 bits per heavy atom. The van der Waals surface area contributed by atoms with Crippen molar-refractivity contribution in [2.45, 2.75) is 33.4 Å². The van der Waals surface area contributed by atoms with E-state index < -0.39 is 0 Å². The molecule has 0 saturated heterocycles. The van der Waals surface area contributed by atoms with E-state index in [4.69, 9.17) is 14.2 Å². The molecule has 0 heterocycles. The highest BCUT2D eigenvalue weighted by molar-refractivity contribution is 14.0. The van der Waals surface area contributed by atoms with Crippen molar-refractivity contribution in [3.05, 3.63) is 17.7 Å². The largest absolute Gasteiger partial charge is 0.493 e. The highest BCUT2D eigenvalue weighted by atomic mass is 127. The van der Waals surface area contributed by atoms with E-state index in [9.17, 15) is 0 Å². The van der Waals surface area contributed by atoms with Crippen LogP contribution in [0.2, 0.25) is 0 Å². The van der Waals surface area contributed by atoms with Gasteiger partial charge in [-0.2, -0.15) is 0 Å². The molecule has 1 aromatic rings. The summed E-state index contributed by atoms with van der Waals surface area (Å²) < 4.78 is 16.2. The lowest BCUT2D eigenvalue weighted by atomic mass is 10.2. The summed E-state index contributed by atoms with van der Waals surface area (Å²) in [5, 5.41) is 6.70. The second kappa shape index (κ2) is 13.7. The molecule has 27 heavy (non-hydrogen) atoms. The quantitative estimate of drug-likeness (QED) is 0.296. The molecule has 0 bridgehead atoms. The summed E-state index contributed by atoms with van der Waals surface area (Å²) in [6.07, 6.45) is 0. The van der Waals surface area contributed by atoms with Crippen molar-refractivity contribution in [2.75, 3.05) is 48.0 Å². The van der Waals surface area contributed by atoms with Gasteiger partial charge in [-0.1, -0.05) is 13.8 Å². The minimum absolute atomic E-state index is 0. The van der Waals surface area contributed by atoms with Crippen LogP contribution in [0.4, 0.5) is 0 Å². The van der Waals surface area contributed by atoms with E-state index in [0.717, 1.165) is 31.2 Å². The Labute approximate surface area is 180 Å². The number of aliphatic imine (C=N–C) groups is 1. The molecule has 1 unspecified atom stereocenters. The van der Waals surface area contributed by atoms with Crippen LogP contribution in [-0.4, -0.2) is 64.9 Å². The molecule has 7 nitrogen and oxygen atoms in total. The van der Waals surface area contributed by atoms with Gasteiger partial charge in [0, 0.05) is 26.2 Å². The summed E-state index contributed by atoms with van der Waals surface area (Å²) in [4.78, 5) is 6.70. The van der Waals surface area contributed by atoms with Gasteiger partial charge in [0.1, 0.15) is 0 Å². The van der Waals surface area contributed by atoms with Crippen LogP contribution in [0.15, 0.2) is 17.1 Å². The van der Waals surface area contributed by atoms with Crippen molar-refractivity contribution < 1.29 is 14.2 Å². The van der Waals surface area contributed by atoms with Crippen LogP contribution >= 0.6 is 24.0 Å². The molecule has 0 fully saturated rings. The fourth-order valence-electron chi connectivity index (χ4n) is 2.86. The number of nitrogens with zero attached hydrogens (tertiary/aromatic N) is 2. The van der Waals surface area contributed by atoms with Crippen molar-refractivity contribution in [2.24, 2.45) is 4.99 Å². The number of likely N-dealkylation sites (N-methyl/N-ethyl adjacent to an activating group) is 1. The maximum absolute atomic E-state index is 5.40.